The molecule has 0 aliphatic carbocycles. The number of fused-ring (bicyclic) bond motifs is 1. The minimum Gasteiger partial charge on any atom is -0.496 e. The third-order valence-corrected chi connectivity index (χ3v) is 6.52. The molecular formula is C26H31NO2. The maximum absolute atomic E-state index is 6.03. The van der Waals surface area contributed by atoms with Gasteiger partial charge in [-0.2, -0.15) is 0 Å². The van der Waals surface area contributed by atoms with Crippen LogP contribution in [0.1, 0.15) is 37.8 Å². The van der Waals surface area contributed by atoms with Crippen LogP contribution >= 0.6 is 0 Å². The van der Waals surface area contributed by atoms with Crippen LogP contribution in [0.5, 0.6) is 11.5 Å². The average Bonchev–Trinajstić information content (AvgIpc) is 3.05. The molecule has 0 radical (unpaired) electrons. The summed E-state index contributed by atoms with van der Waals surface area (Å²) >= 11 is 0. The SMILES string of the molecule is COc1ccc(CN2C(C)CCC2C)c(OC)c1-c1cccc2c(C)cccc12. The van der Waals surface area contributed by atoms with Crippen molar-refractivity contribution < 1.29 is 9.47 Å². The van der Waals surface area contributed by atoms with Crippen molar-refractivity contribution >= 4 is 10.8 Å². The number of rotatable bonds is 5. The average molecular weight is 390 g/mol. The molecule has 4 rings (SSSR count). The summed E-state index contributed by atoms with van der Waals surface area (Å²) in [6.07, 6.45) is 2.52. The zero-order valence-corrected chi connectivity index (χ0v) is 18.2. The molecule has 1 aliphatic rings. The highest BCUT2D eigenvalue weighted by Crippen LogP contribution is 2.44. The summed E-state index contributed by atoms with van der Waals surface area (Å²) in [6.45, 7) is 7.71. The van der Waals surface area contributed by atoms with Crippen LogP contribution in [0.2, 0.25) is 0 Å². The van der Waals surface area contributed by atoms with E-state index in [0.717, 1.165) is 29.2 Å². The standard InChI is InChI=1S/C26H31NO2/c1-17-8-6-10-22-21(17)9-7-11-23(22)25-24(28-4)15-14-20(26(25)29-5)16-27-18(2)12-13-19(27)3/h6-11,14-15,18-19H,12-13,16H2,1-5H3. The summed E-state index contributed by atoms with van der Waals surface area (Å²) < 4.78 is 11.8. The Morgan fingerprint density at radius 3 is 2.24 bits per heavy atom. The molecule has 2 unspecified atom stereocenters. The zero-order chi connectivity index (χ0) is 20.5. The fraction of sp³-hybridized carbons (Fsp3) is 0.385. The van der Waals surface area contributed by atoms with Crippen molar-refractivity contribution in [3.05, 3.63) is 59.7 Å². The van der Waals surface area contributed by atoms with E-state index in [9.17, 15) is 0 Å². The van der Waals surface area contributed by atoms with Crippen molar-refractivity contribution in [2.24, 2.45) is 0 Å². The summed E-state index contributed by atoms with van der Waals surface area (Å²) in [7, 11) is 3.51. The highest BCUT2D eigenvalue weighted by molar-refractivity contribution is 6.01. The number of likely N-dealkylation sites (tertiary alicyclic amines) is 1. The Hall–Kier alpha value is -2.52. The molecule has 0 saturated carbocycles. The van der Waals surface area contributed by atoms with Crippen LogP contribution in [-0.2, 0) is 6.54 Å². The van der Waals surface area contributed by atoms with Gasteiger partial charge in [-0.25, -0.2) is 0 Å². The van der Waals surface area contributed by atoms with Gasteiger partial charge in [0.1, 0.15) is 11.5 Å². The molecule has 1 saturated heterocycles. The Morgan fingerprint density at radius 1 is 0.862 bits per heavy atom. The van der Waals surface area contributed by atoms with Gasteiger partial charge in [0, 0.05) is 24.2 Å². The Bertz CT molecular complexity index is 1020. The van der Waals surface area contributed by atoms with Gasteiger partial charge < -0.3 is 9.47 Å². The predicted molar refractivity (Wildman–Crippen MR) is 121 cm³/mol. The lowest BCUT2D eigenvalue weighted by molar-refractivity contribution is 0.202. The molecule has 3 aromatic rings. The maximum Gasteiger partial charge on any atom is 0.134 e. The molecule has 2 atom stereocenters. The van der Waals surface area contributed by atoms with E-state index in [4.69, 9.17) is 9.47 Å². The molecule has 0 aromatic heterocycles. The normalized spacial score (nSPS) is 19.6. The van der Waals surface area contributed by atoms with Crippen LogP contribution < -0.4 is 9.47 Å². The van der Waals surface area contributed by atoms with E-state index in [1.165, 1.54) is 34.7 Å². The van der Waals surface area contributed by atoms with Gasteiger partial charge in [0.25, 0.3) is 0 Å². The molecular weight excluding hydrogens is 358 g/mol. The van der Waals surface area contributed by atoms with Crippen LogP contribution in [0.4, 0.5) is 0 Å². The molecule has 0 bridgehead atoms. The molecule has 3 aromatic carbocycles. The summed E-state index contributed by atoms with van der Waals surface area (Å²) in [5.41, 5.74) is 4.69. The monoisotopic (exact) mass is 389 g/mol. The third kappa shape index (κ3) is 3.49. The number of methoxy groups -OCH3 is 2. The van der Waals surface area contributed by atoms with Crippen LogP contribution in [0.3, 0.4) is 0 Å². The smallest absolute Gasteiger partial charge is 0.134 e. The first-order chi connectivity index (χ1) is 14.0. The Balaban J connectivity index is 1.90. The van der Waals surface area contributed by atoms with Gasteiger partial charge in [0.15, 0.2) is 0 Å². The number of hydrogen-bond donors (Lipinski definition) is 0. The van der Waals surface area contributed by atoms with E-state index in [-0.39, 0.29) is 0 Å². The topological polar surface area (TPSA) is 21.7 Å². The molecule has 29 heavy (non-hydrogen) atoms. The molecule has 1 aliphatic heterocycles. The maximum atomic E-state index is 6.03. The summed E-state index contributed by atoms with van der Waals surface area (Å²) in [5, 5.41) is 2.49. The highest BCUT2D eigenvalue weighted by atomic mass is 16.5. The van der Waals surface area contributed by atoms with E-state index in [2.05, 4.69) is 74.2 Å². The van der Waals surface area contributed by atoms with Gasteiger partial charge in [-0.1, -0.05) is 42.5 Å². The van der Waals surface area contributed by atoms with E-state index in [0.29, 0.717) is 12.1 Å². The summed E-state index contributed by atoms with van der Waals surface area (Å²) in [4.78, 5) is 2.58. The molecule has 0 spiro atoms. The Kier molecular flexibility index (Phi) is 5.51. The molecule has 1 heterocycles. The highest BCUT2D eigenvalue weighted by Gasteiger charge is 2.29. The quantitative estimate of drug-likeness (QED) is 0.518. The lowest BCUT2D eigenvalue weighted by atomic mass is 9.93. The number of ether oxygens (including phenoxy) is 2. The first-order valence-corrected chi connectivity index (χ1v) is 10.5. The Labute approximate surface area is 174 Å². The number of benzene rings is 3. The molecule has 3 nitrogen and oxygen atoms in total. The van der Waals surface area contributed by atoms with Gasteiger partial charge in [-0.3, -0.25) is 4.90 Å². The largest absolute Gasteiger partial charge is 0.496 e. The van der Waals surface area contributed by atoms with Gasteiger partial charge in [-0.15, -0.1) is 0 Å². The molecule has 1 fully saturated rings. The molecule has 152 valence electrons. The van der Waals surface area contributed by atoms with Crippen molar-refractivity contribution in [2.45, 2.75) is 52.2 Å². The fourth-order valence-electron chi connectivity index (χ4n) is 4.83. The first-order valence-electron chi connectivity index (χ1n) is 10.5. The number of aryl methyl sites for hydroxylation is 1. The van der Waals surface area contributed by atoms with Crippen LogP contribution in [0, 0.1) is 6.92 Å². The number of hydrogen-bond acceptors (Lipinski definition) is 3. The van der Waals surface area contributed by atoms with Gasteiger partial charge >= 0.3 is 0 Å². The van der Waals surface area contributed by atoms with E-state index >= 15 is 0 Å². The lowest BCUT2D eigenvalue weighted by Gasteiger charge is -2.28. The fourth-order valence-corrected chi connectivity index (χ4v) is 4.83. The molecule has 3 heteroatoms. The van der Waals surface area contributed by atoms with Crippen molar-refractivity contribution in [3.63, 3.8) is 0 Å². The van der Waals surface area contributed by atoms with Crippen molar-refractivity contribution in [1.82, 2.24) is 4.90 Å². The van der Waals surface area contributed by atoms with Gasteiger partial charge in [-0.05, 0) is 61.6 Å². The van der Waals surface area contributed by atoms with Crippen molar-refractivity contribution in [1.29, 1.82) is 0 Å². The number of nitrogens with zero attached hydrogens (tertiary/aromatic N) is 1. The van der Waals surface area contributed by atoms with E-state index < -0.39 is 0 Å². The summed E-state index contributed by atoms with van der Waals surface area (Å²) in [5.74, 6) is 1.77. The van der Waals surface area contributed by atoms with Crippen molar-refractivity contribution in [3.8, 4) is 22.6 Å². The minimum atomic E-state index is 0.598. The van der Waals surface area contributed by atoms with Gasteiger partial charge in [0.2, 0.25) is 0 Å². The second kappa shape index (κ2) is 8.08. The van der Waals surface area contributed by atoms with E-state index in [1.807, 2.05) is 0 Å². The second-order valence-electron chi connectivity index (χ2n) is 8.26. The molecule has 0 N–H and O–H groups in total. The minimum absolute atomic E-state index is 0.598. The van der Waals surface area contributed by atoms with Gasteiger partial charge in [0.05, 0.1) is 19.8 Å². The van der Waals surface area contributed by atoms with Crippen LogP contribution in [-0.4, -0.2) is 31.2 Å². The zero-order valence-electron chi connectivity index (χ0n) is 18.2. The summed E-state index contributed by atoms with van der Waals surface area (Å²) in [6, 6.07) is 18.4. The third-order valence-electron chi connectivity index (χ3n) is 6.52. The second-order valence-corrected chi connectivity index (χ2v) is 8.26. The van der Waals surface area contributed by atoms with Crippen molar-refractivity contribution in [2.75, 3.05) is 14.2 Å². The van der Waals surface area contributed by atoms with E-state index in [1.54, 1.807) is 14.2 Å². The lowest BCUT2D eigenvalue weighted by Crippen LogP contribution is -2.32. The Morgan fingerprint density at radius 2 is 1.55 bits per heavy atom. The molecule has 0 amide bonds. The predicted octanol–water partition coefficient (Wildman–Crippen LogP) is 6.21. The first kappa shape index (κ1) is 19.8. The van der Waals surface area contributed by atoms with Crippen LogP contribution in [0.15, 0.2) is 48.5 Å². The van der Waals surface area contributed by atoms with Crippen LogP contribution in [0.25, 0.3) is 21.9 Å².